The first-order chi connectivity index (χ1) is 14.0. The van der Waals surface area contributed by atoms with Crippen LogP contribution in [0.1, 0.15) is 28.4 Å². The summed E-state index contributed by atoms with van der Waals surface area (Å²) in [6.07, 6.45) is 0. The number of rotatable bonds is 9. The molecule has 0 spiro atoms. The summed E-state index contributed by atoms with van der Waals surface area (Å²) in [5.74, 6) is 1.10. The summed E-state index contributed by atoms with van der Waals surface area (Å²) in [5, 5.41) is 6.63. The molecular weight excluding hydrogens is 364 g/mol. The number of nitrogens with one attached hydrogen (secondary N) is 2. The van der Waals surface area contributed by atoms with Crippen molar-refractivity contribution in [3.05, 3.63) is 71.3 Å². The molecule has 0 aliphatic rings. The summed E-state index contributed by atoms with van der Waals surface area (Å²) < 4.78 is 5.79. The zero-order valence-electron chi connectivity index (χ0n) is 17.8. The zero-order valence-corrected chi connectivity index (χ0v) is 17.8. The van der Waals surface area contributed by atoms with Crippen molar-refractivity contribution in [2.24, 2.45) is 10.9 Å². The van der Waals surface area contributed by atoms with Crippen LogP contribution in [0, 0.1) is 5.92 Å². The maximum atomic E-state index is 11.9. The monoisotopic (exact) mass is 396 g/mol. The van der Waals surface area contributed by atoms with Crippen molar-refractivity contribution in [1.29, 1.82) is 0 Å². The minimum atomic E-state index is 0.00505. The van der Waals surface area contributed by atoms with Crippen LogP contribution in [0.25, 0.3) is 0 Å². The molecule has 1 amide bonds. The van der Waals surface area contributed by atoms with Crippen LogP contribution < -0.4 is 10.6 Å². The number of aliphatic imine (C=N–C) groups is 1. The minimum absolute atomic E-state index is 0.00505. The molecule has 1 atom stereocenters. The number of hydrogen-bond donors (Lipinski definition) is 2. The highest BCUT2D eigenvalue weighted by atomic mass is 16.5. The number of ether oxygens (including phenoxy) is 1. The van der Waals surface area contributed by atoms with Crippen molar-refractivity contribution in [3.63, 3.8) is 0 Å². The third-order valence-electron chi connectivity index (χ3n) is 4.42. The van der Waals surface area contributed by atoms with Crippen LogP contribution in [-0.2, 0) is 17.9 Å². The highest BCUT2D eigenvalue weighted by Gasteiger charge is 2.08. The molecule has 0 saturated carbocycles. The first-order valence-electron chi connectivity index (χ1n) is 9.86. The molecule has 156 valence electrons. The number of carbonyl (C=O) groups is 1. The van der Waals surface area contributed by atoms with E-state index in [9.17, 15) is 4.79 Å². The summed E-state index contributed by atoms with van der Waals surface area (Å²) in [7, 11) is 5.26. The number of hydrogen-bond acceptors (Lipinski definition) is 3. The van der Waals surface area contributed by atoms with E-state index in [1.807, 2.05) is 42.5 Å². The van der Waals surface area contributed by atoms with Gasteiger partial charge in [-0.1, -0.05) is 49.4 Å². The van der Waals surface area contributed by atoms with Crippen molar-refractivity contribution < 1.29 is 9.53 Å². The van der Waals surface area contributed by atoms with Crippen LogP contribution in [0.15, 0.2) is 59.6 Å². The summed E-state index contributed by atoms with van der Waals surface area (Å²) in [4.78, 5) is 17.8. The molecule has 0 bridgehead atoms. The third kappa shape index (κ3) is 7.95. The molecular formula is C23H32N4O2. The molecule has 0 saturated heterocycles. The Hall–Kier alpha value is -2.86. The van der Waals surface area contributed by atoms with E-state index in [1.165, 1.54) is 5.56 Å². The summed E-state index contributed by atoms with van der Waals surface area (Å²) in [6.45, 7) is 4.86. The topological polar surface area (TPSA) is 66.0 Å². The van der Waals surface area contributed by atoms with Gasteiger partial charge in [0.05, 0.1) is 13.2 Å². The molecule has 2 aromatic carbocycles. The SMILES string of the molecule is CN=C(NCc1ccc(C(=O)N(C)C)cc1)NCC(C)COCc1ccccc1. The van der Waals surface area contributed by atoms with Gasteiger partial charge < -0.3 is 20.3 Å². The molecule has 2 aromatic rings. The molecule has 1 unspecified atom stereocenters. The second-order valence-electron chi connectivity index (χ2n) is 7.31. The van der Waals surface area contributed by atoms with Gasteiger partial charge in [0.25, 0.3) is 5.91 Å². The Morgan fingerprint density at radius 2 is 1.72 bits per heavy atom. The van der Waals surface area contributed by atoms with Gasteiger partial charge in [0.2, 0.25) is 0 Å². The fourth-order valence-electron chi connectivity index (χ4n) is 2.71. The Morgan fingerprint density at radius 3 is 2.34 bits per heavy atom. The first kappa shape index (κ1) is 22.4. The highest BCUT2D eigenvalue weighted by Crippen LogP contribution is 2.06. The molecule has 0 aliphatic carbocycles. The number of carbonyl (C=O) groups excluding carboxylic acids is 1. The predicted octanol–water partition coefficient (Wildman–Crippen LogP) is 2.91. The van der Waals surface area contributed by atoms with Crippen molar-refractivity contribution in [2.45, 2.75) is 20.1 Å². The summed E-state index contributed by atoms with van der Waals surface area (Å²) in [6, 6.07) is 17.8. The lowest BCUT2D eigenvalue weighted by atomic mass is 10.1. The van der Waals surface area contributed by atoms with E-state index in [2.05, 4.69) is 34.7 Å². The lowest BCUT2D eigenvalue weighted by molar-refractivity contribution is 0.0827. The molecule has 29 heavy (non-hydrogen) atoms. The average molecular weight is 397 g/mol. The molecule has 6 heteroatoms. The highest BCUT2D eigenvalue weighted by molar-refractivity contribution is 5.93. The second kappa shape index (κ2) is 11.9. The smallest absolute Gasteiger partial charge is 0.253 e. The lowest BCUT2D eigenvalue weighted by Gasteiger charge is -2.16. The van der Waals surface area contributed by atoms with Gasteiger partial charge in [-0.15, -0.1) is 0 Å². The number of benzene rings is 2. The number of guanidine groups is 1. The maximum Gasteiger partial charge on any atom is 0.253 e. The van der Waals surface area contributed by atoms with Crippen LogP contribution in [0.2, 0.25) is 0 Å². The normalized spacial score (nSPS) is 12.3. The second-order valence-corrected chi connectivity index (χ2v) is 7.31. The Bertz CT molecular complexity index is 773. The Balaban J connectivity index is 1.70. The molecule has 0 aliphatic heterocycles. The van der Waals surface area contributed by atoms with Crippen molar-refractivity contribution in [1.82, 2.24) is 15.5 Å². The third-order valence-corrected chi connectivity index (χ3v) is 4.42. The van der Waals surface area contributed by atoms with E-state index in [1.54, 1.807) is 26.0 Å². The predicted molar refractivity (Wildman–Crippen MR) is 118 cm³/mol. The van der Waals surface area contributed by atoms with Gasteiger partial charge in [-0.25, -0.2) is 0 Å². The van der Waals surface area contributed by atoms with E-state index >= 15 is 0 Å². The van der Waals surface area contributed by atoms with Gasteiger partial charge in [0, 0.05) is 39.8 Å². The van der Waals surface area contributed by atoms with Crippen LogP contribution >= 0.6 is 0 Å². The summed E-state index contributed by atoms with van der Waals surface area (Å²) in [5.41, 5.74) is 2.96. The van der Waals surface area contributed by atoms with E-state index in [0.717, 1.165) is 18.1 Å². The van der Waals surface area contributed by atoms with Crippen molar-refractivity contribution in [2.75, 3.05) is 34.3 Å². The van der Waals surface area contributed by atoms with Gasteiger partial charge in [0.1, 0.15) is 0 Å². The number of nitrogens with zero attached hydrogens (tertiary/aromatic N) is 2. The van der Waals surface area contributed by atoms with E-state index < -0.39 is 0 Å². The quantitative estimate of drug-likeness (QED) is 0.505. The van der Waals surface area contributed by atoms with E-state index in [-0.39, 0.29) is 5.91 Å². The van der Waals surface area contributed by atoms with Gasteiger partial charge in [0.15, 0.2) is 5.96 Å². The summed E-state index contributed by atoms with van der Waals surface area (Å²) >= 11 is 0. The van der Waals surface area contributed by atoms with Crippen molar-refractivity contribution in [3.8, 4) is 0 Å². The fourth-order valence-corrected chi connectivity index (χ4v) is 2.71. The van der Waals surface area contributed by atoms with Crippen LogP contribution in [0.3, 0.4) is 0 Å². The standard InChI is InChI=1S/C23H32N4O2/c1-18(16-29-17-20-8-6-5-7-9-20)14-25-23(24-2)26-15-19-10-12-21(13-11-19)22(28)27(3)4/h5-13,18H,14-17H2,1-4H3,(H2,24,25,26). The van der Waals surface area contributed by atoms with Gasteiger partial charge in [-0.05, 0) is 29.2 Å². The van der Waals surface area contributed by atoms with Crippen LogP contribution in [0.5, 0.6) is 0 Å². The Labute approximate surface area is 174 Å². The van der Waals surface area contributed by atoms with Crippen LogP contribution in [0.4, 0.5) is 0 Å². The largest absolute Gasteiger partial charge is 0.376 e. The van der Waals surface area contributed by atoms with Gasteiger partial charge in [-0.3, -0.25) is 9.79 Å². The Morgan fingerprint density at radius 1 is 1.03 bits per heavy atom. The van der Waals surface area contributed by atoms with E-state index in [0.29, 0.717) is 31.2 Å². The molecule has 0 fully saturated rings. The fraction of sp³-hybridized carbons (Fsp3) is 0.391. The number of amides is 1. The van der Waals surface area contributed by atoms with Crippen LogP contribution in [-0.4, -0.2) is 51.1 Å². The maximum absolute atomic E-state index is 11.9. The average Bonchev–Trinajstić information content (AvgIpc) is 2.74. The molecule has 0 radical (unpaired) electrons. The van der Waals surface area contributed by atoms with Gasteiger partial charge in [-0.2, -0.15) is 0 Å². The van der Waals surface area contributed by atoms with E-state index in [4.69, 9.17) is 4.74 Å². The van der Waals surface area contributed by atoms with Gasteiger partial charge >= 0.3 is 0 Å². The Kier molecular flexibility index (Phi) is 9.18. The van der Waals surface area contributed by atoms with Crippen molar-refractivity contribution >= 4 is 11.9 Å². The lowest BCUT2D eigenvalue weighted by Crippen LogP contribution is -2.39. The molecule has 6 nitrogen and oxygen atoms in total. The minimum Gasteiger partial charge on any atom is -0.376 e. The zero-order chi connectivity index (χ0) is 21.1. The molecule has 2 N–H and O–H groups in total. The molecule has 0 aromatic heterocycles. The molecule has 2 rings (SSSR count). The molecule has 0 heterocycles. The first-order valence-corrected chi connectivity index (χ1v) is 9.86.